The van der Waals surface area contributed by atoms with Crippen molar-refractivity contribution in [3.05, 3.63) is 66.3 Å². The fourth-order valence-corrected chi connectivity index (χ4v) is 6.87. The third-order valence-corrected chi connectivity index (χ3v) is 10.00. The lowest BCUT2D eigenvalue weighted by atomic mass is 9.89. The highest BCUT2D eigenvalue weighted by atomic mass is 16.6. The molecule has 5 heterocycles. The Morgan fingerprint density at radius 1 is 0.754 bits per heavy atom. The number of carbonyl (C=O) groups excluding carboxylic acids is 2. The summed E-state index contributed by atoms with van der Waals surface area (Å²) in [6, 6.07) is 7.61. The molecule has 0 aromatic carbocycles. The zero-order valence-corrected chi connectivity index (χ0v) is 35.7. The van der Waals surface area contributed by atoms with Crippen molar-refractivity contribution in [2.75, 3.05) is 73.8 Å². The van der Waals surface area contributed by atoms with Gasteiger partial charge in [0.15, 0.2) is 17.2 Å². The Morgan fingerprint density at radius 3 is 1.80 bits per heavy atom. The average Bonchev–Trinajstić information content (AvgIpc) is 3.24. The largest absolute Gasteiger partial charge is 0.444 e. The molecule has 4 aromatic heterocycles. The molecule has 6 rings (SSSR count). The van der Waals surface area contributed by atoms with Crippen LogP contribution in [0.1, 0.15) is 82.7 Å². The van der Waals surface area contributed by atoms with Gasteiger partial charge in [-0.25, -0.2) is 34.7 Å². The molecular formula is C43H57N15O3. The summed E-state index contributed by atoms with van der Waals surface area (Å²) in [5, 5.41) is 30.8. The molecule has 4 aromatic rings. The number of rotatable bonds is 14. The van der Waals surface area contributed by atoms with Crippen LogP contribution in [0.25, 0.3) is 0 Å². The number of anilines is 7. The quantitative estimate of drug-likeness (QED) is 0.0938. The lowest BCUT2D eigenvalue weighted by Crippen LogP contribution is -2.42. The van der Waals surface area contributed by atoms with E-state index in [1.807, 2.05) is 64.0 Å². The van der Waals surface area contributed by atoms with Gasteiger partial charge < -0.3 is 41.5 Å². The summed E-state index contributed by atoms with van der Waals surface area (Å²) in [7, 11) is 3.79. The molecule has 322 valence electrons. The van der Waals surface area contributed by atoms with Crippen molar-refractivity contribution in [3.63, 3.8) is 0 Å². The fourth-order valence-electron chi connectivity index (χ4n) is 6.87. The molecule has 2 aliphatic rings. The predicted molar refractivity (Wildman–Crippen MR) is 234 cm³/mol. The number of nitrogens with zero attached hydrogens (tertiary/aromatic N) is 10. The van der Waals surface area contributed by atoms with E-state index in [-0.39, 0.29) is 23.3 Å². The number of nitriles is 2. The van der Waals surface area contributed by atoms with Crippen molar-refractivity contribution in [2.45, 2.75) is 77.7 Å². The summed E-state index contributed by atoms with van der Waals surface area (Å²) in [4.78, 5) is 53.2. The standard InChI is InChI=1S/C22H29N7O.C21H28N8O2/c1-29(2)15-19(30)8-17-12-26-21(28-22-14-24-18(10-23)13-27-22)9-20(17)25-11-16-6-4-3-5-7-16;1-21(2,3)31-20(30)29-6-4-14(5-7-29)10-25-17-8-18(27-12-16(17)23)28-19-13-24-15(9-22)11-26-19/h9,12-14,16H,3-8,11,15H2,1-2H3,(H2,25,26,27,28);8,11-14H,4-7,10,23H2,1-3H3,(H2,25,26,27,28). The van der Waals surface area contributed by atoms with Gasteiger partial charge in [0.2, 0.25) is 0 Å². The van der Waals surface area contributed by atoms with Crippen LogP contribution in [0.5, 0.6) is 0 Å². The summed E-state index contributed by atoms with van der Waals surface area (Å²) in [5.41, 5.74) is 9.23. The van der Waals surface area contributed by atoms with E-state index in [9.17, 15) is 9.59 Å². The fraction of sp³-hybridized carbons (Fsp3) is 0.488. The van der Waals surface area contributed by atoms with Crippen LogP contribution >= 0.6 is 0 Å². The molecule has 18 nitrogen and oxygen atoms in total. The number of likely N-dealkylation sites (N-methyl/N-ethyl adjacent to an activating group) is 1. The van der Waals surface area contributed by atoms with Crippen LogP contribution in [0.15, 0.2) is 49.3 Å². The van der Waals surface area contributed by atoms with E-state index in [0.717, 1.165) is 42.9 Å². The van der Waals surface area contributed by atoms with Crippen LogP contribution in [0, 0.1) is 34.5 Å². The number of carbonyl (C=O) groups is 2. The number of nitrogens with two attached hydrogens (primary N) is 1. The Balaban J connectivity index is 0.000000231. The van der Waals surface area contributed by atoms with E-state index < -0.39 is 5.60 Å². The lowest BCUT2D eigenvalue weighted by molar-refractivity contribution is -0.119. The smallest absolute Gasteiger partial charge is 0.410 e. The normalized spacial score (nSPS) is 14.5. The molecule has 1 saturated heterocycles. The van der Waals surface area contributed by atoms with Gasteiger partial charge >= 0.3 is 6.09 Å². The topological polar surface area (TPSA) is 249 Å². The molecule has 0 bridgehead atoms. The highest BCUT2D eigenvalue weighted by Crippen LogP contribution is 2.28. The molecule has 0 unspecified atom stereocenters. The summed E-state index contributed by atoms with van der Waals surface area (Å²) >= 11 is 0. The zero-order valence-electron chi connectivity index (χ0n) is 35.7. The Hall–Kier alpha value is -6.66. The van der Waals surface area contributed by atoms with Gasteiger partial charge in [0.1, 0.15) is 41.0 Å². The number of hydrogen-bond donors (Lipinski definition) is 5. The summed E-state index contributed by atoms with van der Waals surface area (Å²) in [5.74, 6) is 3.42. The van der Waals surface area contributed by atoms with Gasteiger partial charge in [0.05, 0.1) is 48.9 Å². The van der Waals surface area contributed by atoms with Crippen LogP contribution in [0.3, 0.4) is 0 Å². The highest BCUT2D eigenvalue weighted by Gasteiger charge is 2.27. The average molecular weight is 832 g/mol. The molecule has 18 heteroatoms. The van der Waals surface area contributed by atoms with Crippen molar-refractivity contribution in [2.24, 2.45) is 11.8 Å². The van der Waals surface area contributed by atoms with E-state index in [2.05, 4.69) is 51.2 Å². The van der Waals surface area contributed by atoms with Crippen molar-refractivity contribution in [1.29, 1.82) is 10.5 Å². The Bertz CT molecular complexity index is 2130. The number of ether oxygens (including phenoxy) is 1. The highest BCUT2D eigenvalue weighted by molar-refractivity contribution is 5.84. The number of nitrogens with one attached hydrogen (secondary N) is 4. The zero-order chi connectivity index (χ0) is 43.8. The summed E-state index contributed by atoms with van der Waals surface area (Å²) in [6.45, 7) is 9.02. The maximum absolute atomic E-state index is 12.4. The van der Waals surface area contributed by atoms with Gasteiger partial charge in [0, 0.05) is 62.2 Å². The molecule has 0 atom stereocenters. The number of hydrogen-bond acceptors (Lipinski definition) is 17. The van der Waals surface area contributed by atoms with Gasteiger partial charge in [-0.2, -0.15) is 10.5 Å². The van der Waals surface area contributed by atoms with Crippen molar-refractivity contribution < 1.29 is 14.3 Å². The minimum Gasteiger partial charge on any atom is -0.444 e. The molecule has 2 fully saturated rings. The van der Waals surface area contributed by atoms with Gasteiger partial charge in [-0.3, -0.25) is 4.79 Å². The van der Waals surface area contributed by atoms with E-state index in [4.69, 9.17) is 21.0 Å². The van der Waals surface area contributed by atoms with Gasteiger partial charge in [-0.05, 0) is 72.4 Å². The Morgan fingerprint density at radius 2 is 1.28 bits per heavy atom. The minimum atomic E-state index is -0.483. The first-order valence-corrected chi connectivity index (χ1v) is 20.6. The van der Waals surface area contributed by atoms with Crippen LogP contribution in [-0.4, -0.2) is 104 Å². The van der Waals surface area contributed by atoms with Crippen molar-refractivity contribution in [1.82, 2.24) is 39.7 Å². The molecule has 1 amide bonds. The predicted octanol–water partition coefficient (Wildman–Crippen LogP) is 6.28. The van der Waals surface area contributed by atoms with Crippen LogP contribution in [0.2, 0.25) is 0 Å². The molecule has 1 saturated carbocycles. The van der Waals surface area contributed by atoms with Gasteiger partial charge in [-0.15, -0.1) is 0 Å². The second-order valence-electron chi connectivity index (χ2n) is 16.6. The SMILES string of the molecule is CC(C)(C)OC(=O)N1CCC(CNc2cc(Nc3cnc(C#N)cn3)ncc2N)CC1.CN(C)CC(=O)Cc1cnc(Nc2cnc(C#N)cn2)cc1NCC1CCCCC1. The molecule has 1 aliphatic heterocycles. The minimum absolute atomic E-state index is 0.154. The van der Waals surface area contributed by atoms with Crippen LogP contribution < -0.4 is 27.0 Å². The second kappa shape index (κ2) is 22.1. The Labute approximate surface area is 357 Å². The first kappa shape index (κ1) is 45.4. The number of aromatic nitrogens is 6. The number of likely N-dealkylation sites (tertiary alicyclic amines) is 1. The maximum atomic E-state index is 12.4. The maximum Gasteiger partial charge on any atom is 0.410 e. The molecule has 1 aliphatic carbocycles. The van der Waals surface area contributed by atoms with Gasteiger partial charge in [0.25, 0.3) is 0 Å². The van der Waals surface area contributed by atoms with Gasteiger partial charge in [-0.1, -0.05) is 19.3 Å². The third-order valence-electron chi connectivity index (χ3n) is 10.00. The summed E-state index contributed by atoms with van der Waals surface area (Å²) < 4.78 is 5.45. The van der Waals surface area contributed by atoms with E-state index in [1.54, 1.807) is 17.3 Å². The first-order chi connectivity index (χ1) is 29.3. The van der Waals surface area contributed by atoms with E-state index >= 15 is 0 Å². The Kier molecular flexibility index (Phi) is 16.4. The van der Waals surface area contributed by atoms with Crippen molar-refractivity contribution >= 4 is 52.2 Å². The second-order valence-corrected chi connectivity index (χ2v) is 16.6. The summed E-state index contributed by atoms with van der Waals surface area (Å²) in [6.07, 6.45) is 17.4. The van der Waals surface area contributed by atoms with Crippen LogP contribution in [0.4, 0.5) is 45.1 Å². The number of amides is 1. The number of pyridine rings is 2. The molecule has 0 spiro atoms. The lowest BCUT2D eigenvalue weighted by Gasteiger charge is -2.33. The molecular weight excluding hydrogens is 775 g/mol. The third kappa shape index (κ3) is 15.1. The van der Waals surface area contributed by atoms with Crippen LogP contribution in [-0.2, 0) is 16.0 Å². The van der Waals surface area contributed by atoms with E-state index in [0.29, 0.717) is 66.8 Å². The van der Waals surface area contributed by atoms with E-state index in [1.165, 1.54) is 56.9 Å². The molecule has 0 radical (unpaired) electrons. The number of Topliss-reactive ketones (excluding diaryl/α,β-unsaturated/α-hetero) is 1. The number of ketones is 1. The van der Waals surface area contributed by atoms with Crippen molar-refractivity contribution in [3.8, 4) is 12.1 Å². The first-order valence-electron chi connectivity index (χ1n) is 20.6. The molecule has 6 N–H and O–H groups in total. The monoisotopic (exact) mass is 831 g/mol. The number of nitrogen functional groups attached to an aromatic ring is 1. The molecule has 61 heavy (non-hydrogen) atoms. The number of piperidine rings is 1.